The van der Waals surface area contributed by atoms with Crippen molar-refractivity contribution in [3.63, 3.8) is 0 Å². The van der Waals surface area contributed by atoms with E-state index in [9.17, 15) is 9.59 Å². The third kappa shape index (κ3) is 3.69. The van der Waals surface area contributed by atoms with Crippen LogP contribution in [0.3, 0.4) is 0 Å². The van der Waals surface area contributed by atoms with Crippen molar-refractivity contribution >= 4 is 11.8 Å². The number of piperidine rings is 1. The van der Waals surface area contributed by atoms with Crippen LogP contribution in [0.25, 0.3) is 0 Å². The minimum atomic E-state index is -0.0207. The Balaban J connectivity index is 1.90. The molecule has 2 saturated heterocycles. The fraction of sp³-hybridized carbons (Fsp3) is 0.857. The lowest BCUT2D eigenvalue weighted by Crippen LogP contribution is -2.52. The highest BCUT2D eigenvalue weighted by atomic mass is 16.2. The van der Waals surface area contributed by atoms with E-state index >= 15 is 0 Å². The van der Waals surface area contributed by atoms with Gasteiger partial charge in [0.25, 0.3) is 0 Å². The number of carbonyl (C=O) groups excluding carboxylic acids is 2. The van der Waals surface area contributed by atoms with Gasteiger partial charge in [-0.1, -0.05) is 0 Å². The van der Waals surface area contributed by atoms with E-state index in [4.69, 9.17) is 0 Å². The van der Waals surface area contributed by atoms with Crippen molar-refractivity contribution in [1.29, 1.82) is 0 Å². The molecule has 2 rings (SSSR count). The molecule has 1 N–H and O–H groups in total. The molecule has 0 aromatic heterocycles. The summed E-state index contributed by atoms with van der Waals surface area (Å²) in [4.78, 5) is 27.6. The summed E-state index contributed by atoms with van der Waals surface area (Å²) in [6.45, 7) is 6.62. The highest BCUT2D eigenvalue weighted by Crippen LogP contribution is 2.15. The van der Waals surface area contributed by atoms with Gasteiger partial charge in [0, 0.05) is 39.1 Å². The molecule has 108 valence electrons. The molecule has 2 aliphatic heterocycles. The summed E-state index contributed by atoms with van der Waals surface area (Å²) in [5, 5.41) is 3.40. The van der Waals surface area contributed by atoms with Gasteiger partial charge in [-0.2, -0.15) is 0 Å². The second-order valence-electron chi connectivity index (χ2n) is 5.74. The molecular formula is C14H25N3O2. The first kappa shape index (κ1) is 14.3. The zero-order valence-electron chi connectivity index (χ0n) is 12.0. The number of amides is 2. The van der Waals surface area contributed by atoms with E-state index < -0.39 is 0 Å². The Bertz CT molecular complexity index is 346. The molecule has 5 nitrogen and oxygen atoms in total. The van der Waals surface area contributed by atoms with Gasteiger partial charge in [0.15, 0.2) is 0 Å². The van der Waals surface area contributed by atoms with Gasteiger partial charge in [-0.25, -0.2) is 0 Å². The standard InChI is InChI=1S/C14H25N3O2/c1-11-5-3-6-13(15-11)14(19)17-8-4-7-16(9-10-17)12(2)18/h11,13,15H,3-10H2,1-2H3. The first-order chi connectivity index (χ1) is 9.08. The van der Waals surface area contributed by atoms with E-state index in [0.29, 0.717) is 19.1 Å². The SMILES string of the molecule is CC(=O)N1CCCN(C(=O)C2CCCC(C)N2)CC1. The van der Waals surface area contributed by atoms with Crippen LogP contribution in [0.15, 0.2) is 0 Å². The van der Waals surface area contributed by atoms with Gasteiger partial charge in [-0.3, -0.25) is 9.59 Å². The summed E-state index contributed by atoms with van der Waals surface area (Å²) < 4.78 is 0. The van der Waals surface area contributed by atoms with Gasteiger partial charge in [0.1, 0.15) is 0 Å². The number of hydrogen-bond donors (Lipinski definition) is 1. The van der Waals surface area contributed by atoms with Crippen molar-refractivity contribution in [2.24, 2.45) is 0 Å². The summed E-state index contributed by atoms with van der Waals surface area (Å²) in [7, 11) is 0. The van der Waals surface area contributed by atoms with Crippen LogP contribution in [0.4, 0.5) is 0 Å². The molecule has 2 unspecified atom stereocenters. The third-order valence-electron chi connectivity index (χ3n) is 4.17. The molecule has 2 aliphatic rings. The molecule has 0 aromatic carbocycles. The normalized spacial score (nSPS) is 28.9. The van der Waals surface area contributed by atoms with E-state index in [1.807, 2.05) is 9.80 Å². The van der Waals surface area contributed by atoms with Gasteiger partial charge in [0.2, 0.25) is 11.8 Å². The first-order valence-corrected chi connectivity index (χ1v) is 7.38. The van der Waals surface area contributed by atoms with Gasteiger partial charge in [0.05, 0.1) is 6.04 Å². The minimum Gasteiger partial charge on any atom is -0.341 e. The lowest BCUT2D eigenvalue weighted by molar-refractivity contribution is -0.135. The van der Waals surface area contributed by atoms with Crippen LogP contribution in [0.1, 0.15) is 39.5 Å². The Labute approximate surface area is 115 Å². The maximum atomic E-state index is 12.5. The van der Waals surface area contributed by atoms with E-state index in [0.717, 1.165) is 38.8 Å². The summed E-state index contributed by atoms with van der Waals surface area (Å²) in [6.07, 6.45) is 4.10. The smallest absolute Gasteiger partial charge is 0.239 e. The average molecular weight is 267 g/mol. The topological polar surface area (TPSA) is 52.7 Å². The zero-order valence-corrected chi connectivity index (χ0v) is 12.0. The first-order valence-electron chi connectivity index (χ1n) is 7.38. The second-order valence-corrected chi connectivity index (χ2v) is 5.74. The van der Waals surface area contributed by atoms with Crippen LogP contribution >= 0.6 is 0 Å². The summed E-state index contributed by atoms with van der Waals surface area (Å²) >= 11 is 0. The maximum absolute atomic E-state index is 12.5. The van der Waals surface area contributed by atoms with Crippen molar-refractivity contribution < 1.29 is 9.59 Å². The fourth-order valence-electron chi connectivity index (χ4n) is 3.01. The van der Waals surface area contributed by atoms with Gasteiger partial charge in [-0.15, -0.1) is 0 Å². The molecule has 0 spiro atoms. The molecular weight excluding hydrogens is 242 g/mol. The molecule has 0 aromatic rings. The summed E-state index contributed by atoms with van der Waals surface area (Å²) in [5.74, 6) is 0.329. The Morgan fingerprint density at radius 1 is 1.00 bits per heavy atom. The zero-order chi connectivity index (χ0) is 13.8. The molecule has 0 saturated carbocycles. The van der Waals surface area contributed by atoms with Crippen molar-refractivity contribution in [3.05, 3.63) is 0 Å². The molecule has 0 radical (unpaired) electrons. The minimum absolute atomic E-state index is 0.0207. The Morgan fingerprint density at radius 2 is 1.68 bits per heavy atom. The van der Waals surface area contributed by atoms with Gasteiger partial charge in [-0.05, 0) is 32.6 Å². The molecule has 2 amide bonds. The van der Waals surface area contributed by atoms with Crippen LogP contribution in [-0.2, 0) is 9.59 Å². The van der Waals surface area contributed by atoms with E-state index in [-0.39, 0.29) is 17.9 Å². The van der Waals surface area contributed by atoms with E-state index in [2.05, 4.69) is 12.2 Å². The molecule has 2 fully saturated rings. The van der Waals surface area contributed by atoms with Crippen LogP contribution in [0.2, 0.25) is 0 Å². The Hall–Kier alpha value is -1.10. The van der Waals surface area contributed by atoms with Crippen molar-refractivity contribution in [2.45, 2.75) is 51.6 Å². The predicted octanol–water partition coefficient (Wildman–Crippen LogP) is 0.598. The molecule has 2 heterocycles. The lowest BCUT2D eigenvalue weighted by atomic mass is 9.98. The maximum Gasteiger partial charge on any atom is 0.239 e. The van der Waals surface area contributed by atoms with Crippen LogP contribution in [0, 0.1) is 0 Å². The quantitative estimate of drug-likeness (QED) is 0.757. The monoisotopic (exact) mass is 267 g/mol. The Kier molecular flexibility index (Phi) is 4.80. The summed E-state index contributed by atoms with van der Waals surface area (Å²) in [6, 6.07) is 0.413. The van der Waals surface area contributed by atoms with Crippen molar-refractivity contribution in [2.75, 3.05) is 26.2 Å². The van der Waals surface area contributed by atoms with E-state index in [1.165, 1.54) is 0 Å². The van der Waals surface area contributed by atoms with E-state index in [1.54, 1.807) is 6.92 Å². The summed E-state index contributed by atoms with van der Waals surface area (Å²) in [5.41, 5.74) is 0. The molecule has 0 bridgehead atoms. The van der Waals surface area contributed by atoms with Gasteiger partial charge < -0.3 is 15.1 Å². The van der Waals surface area contributed by atoms with Crippen LogP contribution in [-0.4, -0.2) is 59.9 Å². The number of hydrogen-bond acceptors (Lipinski definition) is 3. The molecule has 2 atom stereocenters. The number of nitrogens with one attached hydrogen (secondary N) is 1. The largest absolute Gasteiger partial charge is 0.341 e. The Morgan fingerprint density at radius 3 is 2.37 bits per heavy atom. The number of carbonyl (C=O) groups is 2. The predicted molar refractivity (Wildman–Crippen MR) is 73.7 cm³/mol. The van der Waals surface area contributed by atoms with Crippen LogP contribution in [0.5, 0.6) is 0 Å². The number of nitrogens with zero attached hydrogens (tertiary/aromatic N) is 2. The lowest BCUT2D eigenvalue weighted by Gasteiger charge is -2.32. The molecule has 5 heteroatoms. The van der Waals surface area contributed by atoms with Crippen LogP contribution < -0.4 is 5.32 Å². The number of rotatable bonds is 1. The molecule has 19 heavy (non-hydrogen) atoms. The highest BCUT2D eigenvalue weighted by molar-refractivity contribution is 5.82. The van der Waals surface area contributed by atoms with Crippen molar-refractivity contribution in [3.8, 4) is 0 Å². The fourth-order valence-corrected chi connectivity index (χ4v) is 3.01. The second kappa shape index (κ2) is 6.37. The third-order valence-corrected chi connectivity index (χ3v) is 4.17. The average Bonchev–Trinajstić information content (AvgIpc) is 2.63. The van der Waals surface area contributed by atoms with Crippen molar-refractivity contribution in [1.82, 2.24) is 15.1 Å². The molecule has 0 aliphatic carbocycles. The van der Waals surface area contributed by atoms with Gasteiger partial charge >= 0.3 is 0 Å². The highest BCUT2D eigenvalue weighted by Gasteiger charge is 2.29.